The van der Waals surface area contributed by atoms with Gasteiger partial charge in [-0.05, 0) is 222 Å². The lowest BCUT2D eigenvalue weighted by Gasteiger charge is -2.32. The third-order valence-electron chi connectivity index (χ3n) is 22.2. The summed E-state index contributed by atoms with van der Waals surface area (Å²) in [7, 11) is 0. The van der Waals surface area contributed by atoms with Gasteiger partial charge < -0.3 is 9.47 Å². The number of hydrogen-bond acceptors (Lipinski definition) is 3. The molecule has 99 heavy (non-hydrogen) atoms. The SMILES string of the molecule is CC1(C)c2ccccc2-c2ccc(C(CCc3ccc4c5cc6ccc(-c7ccc8sc9c(N(c%10ccccc%10)c%10cccc%11c%10C(c%10ccccc%10)CCc%10cc%12ccccc%12cc%10-%11)cccc9c8c7)cc6cc5n(-c5ccccc5)c4c3)c3ccc4sc5ccccc5c4c3)cc21. The van der Waals surface area contributed by atoms with Gasteiger partial charge in [0.05, 0.1) is 27.1 Å². The van der Waals surface area contributed by atoms with Gasteiger partial charge in [0.2, 0.25) is 0 Å². The lowest BCUT2D eigenvalue weighted by molar-refractivity contribution is 0.654. The van der Waals surface area contributed by atoms with E-state index >= 15 is 0 Å². The molecule has 0 N–H and O–H groups in total. The predicted molar refractivity (Wildman–Crippen MR) is 424 cm³/mol. The standard InChI is InChI=1S/C95H68N2S2/c1-95(2)84-32-16-14-28-74(84)75-47-41-68(57-85(75)95)72(67-43-49-91-82(56-67)77-29-15-17-35-90(77)98-91)44-36-59-37-45-76-81-54-65-39-38-63(52-69(65)58-89(81)97(88(76)50-59)71-26-10-5-11-27-71)64-42-48-92-83(55-64)79-31-19-34-87(94(79)99-92)96(70-24-8-4-9-25-70)86-33-18-30-78-80-53-62-23-13-12-22-61(62)51-66(80)40-46-73(93(78)86)60-20-6-3-7-21-60/h3-35,37-39,41-43,45,47-58,72-73H,36,40,44,46H2,1-2H3. The van der Waals surface area contributed by atoms with Crippen molar-refractivity contribution in [3.8, 4) is 39.1 Å². The Morgan fingerprint density at radius 2 is 1.06 bits per heavy atom. The first-order valence-corrected chi connectivity index (χ1v) is 36.7. The molecule has 0 spiro atoms. The topological polar surface area (TPSA) is 8.17 Å². The minimum atomic E-state index is -0.0849. The highest BCUT2D eigenvalue weighted by molar-refractivity contribution is 7.26. The van der Waals surface area contributed by atoms with Crippen molar-refractivity contribution in [3.05, 3.63) is 360 Å². The zero-order valence-corrected chi connectivity index (χ0v) is 56.8. The van der Waals surface area contributed by atoms with E-state index in [0.717, 1.165) is 31.4 Å². The third kappa shape index (κ3) is 9.48. The molecule has 4 heteroatoms. The first kappa shape index (κ1) is 58.0. The van der Waals surface area contributed by atoms with Crippen LogP contribution in [0.1, 0.15) is 83.0 Å². The zero-order chi connectivity index (χ0) is 65.5. The second-order valence-electron chi connectivity index (χ2n) is 28.1. The molecule has 15 aromatic carbocycles. The van der Waals surface area contributed by atoms with Gasteiger partial charge in [-0.2, -0.15) is 0 Å². The highest BCUT2D eigenvalue weighted by Gasteiger charge is 2.36. The summed E-state index contributed by atoms with van der Waals surface area (Å²) >= 11 is 3.80. The molecule has 2 unspecified atom stereocenters. The Morgan fingerprint density at radius 1 is 0.414 bits per heavy atom. The molecule has 0 radical (unpaired) electrons. The van der Waals surface area contributed by atoms with Crippen LogP contribution in [0.15, 0.2) is 315 Å². The van der Waals surface area contributed by atoms with Crippen LogP contribution in [0.2, 0.25) is 0 Å². The van der Waals surface area contributed by atoms with E-state index in [0.29, 0.717) is 0 Å². The maximum Gasteiger partial charge on any atom is 0.0640 e. The van der Waals surface area contributed by atoms with E-state index in [1.807, 2.05) is 22.7 Å². The number of rotatable bonds is 11. The Hall–Kier alpha value is -11.1. The number of para-hydroxylation sites is 2. The average molecular weight is 1300 g/mol. The zero-order valence-electron chi connectivity index (χ0n) is 55.2. The van der Waals surface area contributed by atoms with Crippen LogP contribution in [0.3, 0.4) is 0 Å². The molecule has 2 nitrogen and oxygen atoms in total. The smallest absolute Gasteiger partial charge is 0.0640 e. The number of aromatic nitrogens is 1. The van der Waals surface area contributed by atoms with Gasteiger partial charge >= 0.3 is 0 Å². The monoisotopic (exact) mass is 1300 g/mol. The molecule has 0 saturated carbocycles. The molecule has 2 aliphatic carbocycles. The van der Waals surface area contributed by atoms with Gasteiger partial charge in [0.25, 0.3) is 0 Å². The Morgan fingerprint density at radius 3 is 1.94 bits per heavy atom. The summed E-state index contributed by atoms with van der Waals surface area (Å²) in [5, 5.41) is 12.8. The van der Waals surface area contributed by atoms with Gasteiger partial charge in [-0.1, -0.05) is 232 Å². The van der Waals surface area contributed by atoms with Crippen LogP contribution in [-0.4, -0.2) is 4.57 Å². The lowest BCUT2D eigenvalue weighted by Crippen LogP contribution is -2.15. The molecular formula is C95H68N2S2. The number of fused-ring (bicyclic) bond motifs is 17. The summed E-state index contributed by atoms with van der Waals surface area (Å²) in [4.78, 5) is 2.57. The van der Waals surface area contributed by atoms with Crippen LogP contribution in [0.4, 0.5) is 17.1 Å². The van der Waals surface area contributed by atoms with Crippen LogP contribution in [0.5, 0.6) is 0 Å². The summed E-state index contributed by atoms with van der Waals surface area (Å²) in [5.74, 6) is 0.375. The first-order chi connectivity index (χ1) is 48.8. The molecule has 0 aliphatic heterocycles. The second kappa shape index (κ2) is 23.0. The normalized spacial score (nSPS) is 14.3. The highest BCUT2D eigenvalue weighted by Crippen LogP contribution is 2.54. The van der Waals surface area contributed by atoms with E-state index in [-0.39, 0.29) is 17.3 Å². The largest absolute Gasteiger partial charge is 0.309 e. The Balaban J connectivity index is 0.677. The Labute approximate surface area is 584 Å². The summed E-state index contributed by atoms with van der Waals surface area (Å²) in [6.45, 7) is 4.81. The van der Waals surface area contributed by atoms with Crippen LogP contribution in [-0.2, 0) is 18.3 Å². The second-order valence-corrected chi connectivity index (χ2v) is 30.2. The van der Waals surface area contributed by atoms with E-state index in [1.165, 1.54) is 179 Å². The molecule has 0 bridgehead atoms. The highest BCUT2D eigenvalue weighted by atomic mass is 32.1. The van der Waals surface area contributed by atoms with E-state index in [1.54, 1.807) is 0 Å². The van der Waals surface area contributed by atoms with Crippen LogP contribution in [0.25, 0.3) is 123 Å². The molecule has 20 rings (SSSR count). The van der Waals surface area contributed by atoms with Crippen molar-refractivity contribution >= 4 is 123 Å². The minimum Gasteiger partial charge on any atom is -0.309 e. The van der Waals surface area contributed by atoms with E-state index in [4.69, 9.17) is 0 Å². The van der Waals surface area contributed by atoms with E-state index < -0.39 is 0 Å². The van der Waals surface area contributed by atoms with Crippen molar-refractivity contribution in [2.45, 2.75) is 56.8 Å². The van der Waals surface area contributed by atoms with Crippen LogP contribution in [0, 0.1) is 0 Å². The molecule has 3 heterocycles. The van der Waals surface area contributed by atoms with Gasteiger partial charge in [0.15, 0.2) is 0 Å². The van der Waals surface area contributed by atoms with Gasteiger partial charge in [-0.25, -0.2) is 0 Å². The Kier molecular flexibility index (Phi) is 13.5. The van der Waals surface area contributed by atoms with E-state index in [9.17, 15) is 0 Å². The molecule has 0 amide bonds. The summed E-state index contributed by atoms with van der Waals surface area (Å²) in [6, 6.07) is 120. The van der Waals surface area contributed by atoms with Crippen LogP contribution < -0.4 is 4.90 Å². The lowest BCUT2D eigenvalue weighted by atomic mass is 9.79. The maximum absolute atomic E-state index is 2.57. The van der Waals surface area contributed by atoms with Crippen molar-refractivity contribution in [1.82, 2.24) is 4.57 Å². The molecular weight excluding hydrogens is 1230 g/mol. The average Bonchev–Trinajstić information content (AvgIpc) is 1.64. The number of anilines is 3. The summed E-state index contributed by atoms with van der Waals surface area (Å²) < 4.78 is 7.76. The quantitative estimate of drug-likeness (QED) is 0.125. The molecule has 470 valence electrons. The molecule has 0 fully saturated rings. The summed E-state index contributed by atoms with van der Waals surface area (Å²) in [5.41, 5.74) is 26.0. The van der Waals surface area contributed by atoms with Crippen molar-refractivity contribution in [1.29, 1.82) is 0 Å². The van der Waals surface area contributed by atoms with Crippen molar-refractivity contribution < 1.29 is 0 Å². The number of hydrogen-bond donors (Lipinski definition) is 0. The number of nitrogens with zero attached hydrogens (tertiary/aromatic N) is 2. The Bertz CT molecular complexity index is 6290. The fourth-order valence-electron chi connectivity index (χ4n) is 17.4. The first-order valence-electron chi connectivity index (χ1n) is 35.0. The van der Waals surface area contributed by atoms with Gasteiger partial charge in [0.1, 0.15) is 0 Å². The van der Waals surface area contributed by atoms with Crippen molar-refractivity contribution in [2.75, 3.05) is 4.90 Å². The fraction of sp³-hybridized carbons (Fsp3) is 0.0947. The molecule has 18 aromatic rings. The van der Waals surface area contributed by atoms with Gasteiger partial charge in [0, 0.05) is 75.0 Å². The molecule has 2 aliphatic rings. The number of thiophene rings is 2. The maximum atomic E-state index is 2.57. The van der Waals surface area contributed by atoms with Crippen molar-refractivity contribution in [3.63, 3.8) is 0 Å². The third-order valence-corrected chi connectivity index (χ3v) is 24.6. The number of aryl methyl sites for hydroxylation is 2. The van der Waals surface area contributed by atoms with Gasteiger partial charge in [-0.3, -0.25) is 0 Å². The molecule has 3 aromatic heterocycles. The molecule has 0 saturated heterocycles. The summed E-state index contributed by atoms with van der Waals surface area (Å²) in [6.07, 6.45) is 3.91. The molecule has 2 atom stereocenters. The van der Waals surface area contributed by atoms with Crippen molar-refractivity contribution in [2.24, 2.45) is 0 Å². The van der Waals surface area contributed by atoms with Gasteiger partial charge in [-0.15, -0.1) is 22.7 Å². The fourth-order valence-corrected chi connectivity index (χ4v) is 19.7. The van der Waals surface area contributed by atoms with Crippen LogP contribution >= 0.6 is 22.7 Å². The number of benzene rings is 15. The minimum absolute atomic E-state index is 0.0849. The van der Waals surface area contributed by atoms with E-state index in [2.05, 4.69) is 339 Å². The predicted octanol–water partition coefficient (Wildman–Crippen LogP) is 26.8.